The fourth-order valence-electron chi connectivity index (χ4n) is 1.88. The molecule has 1 fully saturated rings. The van der Waals surface area contributed by atoms with Crippen LogP contribution in [-0.4, -0.2) is 30.2 Å². The lowest BCUT2D eigenvalue weighted by Gasteiger charge is -2.16. The number of cyclic esters (lactones) is 1. The van der Waals surface area contributed by atoms with E-state index in [1.165, 1.54) is 12.1 Å². The summed E-state index contributed by atoms with van der Waals surface area (Å²) in [6, 6.07) is 6.42. The average Bonchev–Trinajstić information content (AvgIpc) is 2.82. The Morgan fingerprint density at radius 3 is 3.05 bits per heavy atom. The van der Waals surface area contributed by atoms with Crippen LogP contribution in [0.3, 0.4) is 0 Å². The normalized spacial score (nSPS) is 19.6. The van der Waals surface area contributed by atoms with Gasteiger partial charge >= 0.3 is 6.09 Å². The summed E-state index contributed by atoms with van der Waals surface area (Å²) in [6.07, 6.45) is -0.608. The standard InChI is InChI=1S/C12H15N3O4/c1-8(13-6-11-7-14-12(16)19-11)9-3-2-4-10(5-9)15(17)18/h2-5,8,11,13H,6-7H2,1H3,(H,14,16)/t8-,11+/m0/s1. The van der Waals surface area contributed by atoms with Crippen LogP contribution < -0.4 is 10.6 Å². The Morgan fingerprint density at radius 1 is 1.63 bits per heavy atom. The molecule has 0 spiro atoms. The molecular weight excluding hydrogens is 250 g/mol. The van der Waals surface area contributed by atoms with E-state index >= 15 is 0 Å². The van der Waals surface area contributed by atoms with Gasteiger partial charge < -0.3 is 15.4 Å². The molecule has 2 atom stereocenters. The maximum absolute atomic E-state index is 10.9. The van der Waals surface area contributed by atoms with Gasteiger partial charge in [-0.3, -0.25) is 10.1 Å². The van der Waals surface area contributed by atoms with Crippen molar-refractivity contribution in [2.75, 3.05) is 13.1 Å². The molecule has 1 heterocycles. The smallest absolute Gasteiger partial charge is 0.407 e. The molecule has 7 nitrogen and oxygen atoms in total. The molecular formula is C12H15N3O4. The van der Waals surface area contributed by atoms with Crippen molar-refractivity contribution in [3.8, 4) is 0 Å². The lowest BCUT2D eigenvalue weighted by molar-refractivity contribution is -0.384. The minimum absolute atomic E-state index is 0.0563. The Hall–Kier alpha value is -2.15. The Bertz CT molecular complexity index is 492. The Morgan fingerprint density at radius 2 is 2.42 bits per heavy atom. The van der Waals surface area contributed by atoms with Crippen LogP contribution in [0.4, 0.5) is 10.5 Å². The zero-order valence-electron chi connectivity index (χ0n) is 10.5. The minimum Gasteiger partial charge on any atom is -0.443 e. The number of nitro groups is 1. The first-order valence-corrected chi connectivity index (χ1v) is 5.98. The number of carbonyl (C=O) groups excluding carboxylic acids is 1. The second-order valence-electron chi connectivity index (χ2n) is 4.39. The molecule has 1 saturated heterocycles. The van der Waals surface area contributed by atoms with E-state index in [2.05, 4.69) is 10.6 Å². The van der Waals surface area contributed by atoms with Crippen molar-refractivity contribution in [3.63, 3.8) is 0 Å². The second kappa shape index (κ2) is 5.66. The third kappa shape index (κ3) is 3.41. The molecule has 0 saturated carbocycles. The molecule has 1 aliphatic heterocycles. The zero-order chi connectivity index (χ0) is 13.8. The van der Waals surface area contributed by atoms with Gasteiger partial charge in [0.05, 0.1) is 11.5 Å². The van der Waals surface area contributed by atoms with Crippen LogP contribution >= 0.6 is 0 Å². The maximum atomic E-state index is 10.9. The van der Waals surface area contributed by atoms with Crippen LogP contribution in [0.5, 0.6) is 0 Å². The molecule has 0 unspecified atom stereocenters. The van der Waals surface area contributed by atoms with Crippen LogP contribution in [0.2, 0.25) is 0 Å². The second-order valence-corrected chi connectivity index (χ2v) is 4.39. The molecule has 19 heavy (non-hydrogen) atoms. The van der Waals surface area contributed by atoms with E-state index < -0.39 is 11.0 Å². The van der Waals surface area contributed by atoms with E-state index in [1.807, 2.05) is 13.0 Å². The van der Waals surface area contributed by atoms with E-state index in [0.717, 1.165) is 5.56 Å². The fourth-order valence-corrected chi connectivity index (χ4v) is 1.88. The summed E-state index contributed by atoms with van der Waals surface area (Å²) in [4.78, 5) is 21.1. The zero-order valence-corrected chi connectivity index (χ0v) is 10.5. The molecule has 1 aromatic rings. The molecule has 7 heteroatoms. The van der Waals surface area contributed by atoms with Crippen LogP contribution in [0.15, 0.2) is 24.3 Å². The average molecular weight is 265 g/mol. The van der Waals surface area contributed by atoms with Crippen molar-refractivity contribution in [3.05, 3.63) is 39.9 Å². The van der Waals surface area contributed by atoms with Crippen LogP contribution in [-0.2, 0) is 4.74 Å². The van der Waals surface area contributed by atoms with Crippen molar-refractivity contribution in [2.24, 2.45) is 0 Å². The monoisotopic (exact) mass is 265 g/mol. The number of nitrogens with one attached hydrogen (secondary N) is 2. The van der Waals surface area contributed by atoms with Gasteiger partial charge in [0.2, 0.25) is 0 Å². The fraction of sp³-hybridized carbons (Fsp3) is 0.417. The summed E-state index contributed by atoms with van der Waals surface area (Å²) in [7, 11) is 0. The Kier molecular flexibility index (Phi) is 3.96. The number of hydrogen-bond donors (Lipinski definition) is 2. The molecule has 1 aromatic carbocycles. The largest absolute Gasteiger partial charge is 0.443 e. The van der Waals surface area contributed by atoms with Gasteiger partial charge in [0.15, 0.2) is 0 Å². The quantitative estimate of drug-likeness (QED) is 0.619. The molecule has 102 valence electrons. The number of amides is 1. The van der Waals surface area contributed by atoms with Gasteiger partial charge in [-0.1, -0.05) is 12.1 Å². The molecule has 2 N–H and O–H groups in total. The van der Waals surface area contributed by atoms with Crippen molar-refractivity contribution in [1.29, 1.82) is 0 Å². The van der Waals surface area contributed by atoms with Gasteiger partial charge in [-0.05, 0) is 12.5 Å². The molecule has 0 aromatic heterocycles. The first-order valence-electron chi connectivity index (χ1n) is 5.98. The lowest BCUT2D eigenvalue weighted by atomic mass is 10.1. The summed E-state index contributed by atoms with van der Waals surface area (Å²) >= 11 is 0. The minimum atomic E-state index is -0.418. The Balaban J connectivity index is 1.92. The van der Waals surface area contributed by atoms with E-state index in [1.54, 1.807) is 6.07 Å². The lowest BCUT2D eigenvalue weighted by Crippen LogP contribution is -2.31. The Labute approximate surface area is 110 Å². The number of nitrogens with zero attached hydrogens (tertiary/aromatic N) is 1. The molecule has 2 rings (SSSR count). The molecule has 0 bridgehead atoms. The number of ether oxygens (including phenoxy) is 1. The van der Waals surface area contributed by atoms with Gasteiger partial charge in [-0.25, -0.2) is 4.79 Å². The number of benzene rings is 1. The predicted octanol–water partition coefficient (Wildman–Crippen LogP) is 1.35. The highest BCUT2D eigenvalue weighted by Crippen LogP contribution is 2.19. The predicted molar refractivity (Wildman–Crippen MR) is 67.8 cm³/mol. The molecule has 1 amide bonds. The summed E-state index contributed by atoms with van der Waals surface area (Å²) in [5.74, 6) is 0. The number of hydrogen-bond acceptors (Lipinski definition) is 5. The van der Waals surface area contributed by atoms with Crippen LogP contribution in [0, 0.1) is 10.1 Å². The van der Waals surface area contributed by atoms with Gasteiger partial charge in [0.25, 0.3) is 5.69 Å². The van der Waals surface area contributed by atoms with E-state index in [-0.39, 0.29) is 17.8 Å². The third-order valence-electron chi connectivity index (χ3n) is 2.98. The van der Waals surface area contributed by atoms with Crippen molar-refractivity contribution in [1.82, 2.24) is 10.6 Å². The third-order valence-corrected chi connectivity index (χ3v) is 2.98. The van der Waals surface area contributed by atoms with Gasteiger partial charge in [0, 0.05) is 24.7 Å². The van der Waals surface area contributed by atoms with Crippen LogP contribution in [0.25, 0.3) is 0 Å². The highest BCUT2D eigenvalue weighted by atomic mass is 16.6. The van der Waals surface area contributed by atoms with E-state index in [0.29, 0.717) is 13.1 Å². The van der Waals surface area contributed by atoms with E-state index in [9.17, 15) is 14.9 Å². The number of nitro benzene ring substituents is 1. The highest BCUT2D eigenvalue weighted by Gasteiger charge is 2.22. The van der Waals surface area contributed by atoms with Crippen molar-refractivity contribution < 1.29 is 14.5 Å². The number of rotatable bonds is 5. The summed E-state index contributed by atoms with van der Waals surface area (Å²) in [6.45, 7) is 2.89. The maximum Gasteiger partial charge on any atom is 0.407 e. The van der Waals surface area contributed by atoms with Crippen molar-refractivity contribution in [2.45, 2.75) is 19.1 Å². The topological polar surface area (TPSA) is 93.5 Å². The first kappa shape index (κ1) is 13.3. The van der Waals surface area contributed by atoms with E-state index in [4.69, 9.17) is 4.74 Å². The first-order chi connectivity index (χ1) is 9.06. The van der Waals surface area contributed by atoms with Gasteiger partial charge in [-0.2, -0.15) is 0 Å². The number of alkyl carbamates (subject to hydrolysis) is 1. The summed E-state index contributed by atoms with van der Waals surface area (Å²) < 4.78 is 4.99. The summed E-state index contributed by atoms with van der Waals surface area (Å²) in [5.41, 5.74) is 0.895. The molecule has 1 aliphatic rings. The number of carbonyl (C=O) groups is 1. The van der Waals surface area contributed by atoms with Gasteiger partial charge in [0.1, 0.15) is 6.10 Å². The summed E-state index contributed by atoms with van der Waals surface area (Å²) in [5, 5.41) is 16.5. The number of non-ortho nitro benzene ring substituents is 1. The molecule has 0 radical (unpaired) electrons. The molecule has 0 aliphatic carbocycles. The van der Waals surface area contributed by atoms with Gasteiger partial charge in [-0.15, -0.1) is 0 Å². The SMILES string of the molecule is C[C@H](NC[C@@H]1CNC(=O)O1)c1cccc([N+](=O)[O-])c1. The van der Waals surface area contributed by atoms with Crippen LogP contribution in [0.1, 0.15) is 18.5 Å². The van der Waals surface area contributed by atoms with Crippen molar-refractivity contribution >= 4 is 11.8 Å². The highest BCUT2D eigenvalue weighted by molar-refractivity contribution is 5.69.